The second kappa shape index (κ2) is 7.43. The number of likely N-dealkylation sites (N-methyl/N-ethyl adjacent to an activating group) is 1. The zero-order chi connectivity index (χ0) is 17.0. The minimum absolute atomic E-state index is 0.0423. The first kappa shape index (κ1) is 17.2. The summed E-state index contributed by atoms with van der Waals surface area (Å²) < 4.78 is 5.67. The highest BCUT2D eigenvalue weighted by atomic mass is 79.9. The molecule has 2 amide bonds. The topological polar surface area (TPSA) is 88.6 Å². The quantitative estimate of drug-likeness (QED) is 0.835. The second-order valence-electron chi connectivity index (χ2n) is 5.14. The summed E-state index contributed by atoms with van der Waals surface area (Å²) in [6, 6.07) is 9.84. The van der Waals surface area contributed by atoms with Crippen molar-refractivity contribution < 1.29 is 14.0 Å². The van der Waals surface area contributed by atoms with Crippen LogP contribution < -0.4 is 11.1 Å². The highest BCUT2D eigenvalue weighted by Crippen LogP contribution is 2.17. The fraction of sp³-hybridized carbons (Fsp3) is 0.250. The number of nitrogens with zero attached hydrogens (tertiary/aromatic N) is 1. The molecule has 1 unspecified atom stereocenters. The van der Waals surface area contributed by atoms with Gasteiger partial charge in [0.15, 0.2) is 10.4 Å². The third kappa shape index (κ3) is 4.20. The summed E-state index contributed by atoms with van der Waals surface area (Å²) in [5, 5.41) is 2.70. The summed E-state index contributed by atoms with van der Waals surface area (Å²) in [6.07, 6.45) is 0. The second-order valence-corrected chi connectivity index (χ2v) is 5.92. The van der Waals surface area contributed by atoms with Crippen LogP contribution in [0.4, 0.5) is 5.69 Å². The van der Waals surface area contributed by atoms with E-state index in [1.165, 1.54) is 0 Å². The molecule has 1 aromatic heterocycles. The summed E-state index contributed by atoms with van der Waals surface area (Å²) in [4.78, 5) is 25.8. The molecule has 1 atom stereocenters. The number of carbonyl (C=O) groups is 2. The third-order valence-corrected chi connectivity index (χ3v) is 3.94. The van der Waals surface area contributed by atoms with Gasteiger partial charge >= 0.3 is 0 Å². The molecule has 0 fully saturated rings. The van der Waals surface area contributed by atoms with Crippen LogP contribution in [0.15, 0.2) is 45.5 Å². The largest absolute Gasteiger partial charge is 0.444 e. The van der Waals surface area contributed by atoms with Gasteiger partial charge in [-0.3, -0.25) is 9.59 Å². The summed E-state index contributed by atoms with van der Waals surface area (Å²) in [7, 11) is 1.71. The lowest BCUT2D eigenvalue weighted by Gasteiger charge is -2.23. The molecule has 0 aliphatic heterocycles. The number of nitrogens with one attached hydrogen (secondary N) is 1. The van der Waals surface area contributed by atoms with Crippen LogP contribution in [-0.4, -0.2) is 36.3 Å². The van der Waals surface area contributed by atoms with Crippen LogP contribution in [0, 0.1) is 0 Å². The van der Waals surface area contributed by atoms with Crippen molar-refractivity contribution in [3.05, 3.63) is 52.4 Å². The van der Waals surface area contributed by atoms with Gasteiger partial charge in [-0.1, -0.05) is 0 Å². The van der Waals surface area contributed by atoms with E-state index in [4.69, 9.17) is 10.2 Å². The number of furan rings is 1. The van der Waals surface area contributed by atoms with Gasteiger partial charge in [0.25, 0.3) is 11.8 Å². The Morgan fingerprint density at radius 1 is 1.26 bits per heavy atom. The molecular formula is C16H18BrN3O3. The molecule has 1 heterocycles. The van der Waals surface area contributed by atoms with Gasteiger partial charge in [-0.2, -0.15) is 0 Å². The van der Waals surface area contributed by atoms with Crippen molar-refractivity contribution in [2.75, 3.05) is 18.9 Å². The maximum Gasteiger partial charge on any atom is 0.291 e. The molecule has 0 saturated carbocycles. The molecule has 122 valence electrons. The van der Waals surface area contributed by atoms with Crippen molar-refractivity contribution in [2.24, 2.45) is 5.73 Å². The van der Waals surface area contributed by atoms with Crippen LogP contribution in [0.2, 0.25) is 0 Å². The van der Waals surface area contributed by atoms with E-state index in [0.717, 1.165) is 0 Å². The lowest BCUT2D eigenvalue weighted by Crippen LogP contribution is -2.39. The van der Waals surface area contributed by atoms with E-state index in [2.05, 4.69) is 21.2 Å². The van der Waals surface area contributed by atoms with Gasteiger partial charge in [-0.15, -0.1) is 0 Å². The Balaban J connectivity index is 2.04. The number of benzene rings is 1. The average molecular weight is 380 g/mol. The van der Waals surface area contributed by atoms with Crippen molar-refractivity contribution >= 4 is 33.4 Å². The molecule has 0 bridgehead atoms. The molecule has 3 N–H and O–H groups in total. The van der Waals surface area contributed by atoms with E-state index in [9.17, 15) is 9.59 Å². The maximum absolute atomic E-state index is 12.3. The minimum atomic E-state index is -0.358. The highest BCUT2D eigenvalue weighted by Gasteiger charge is 2.16. The van der Waals surface area contributed by atoms with Crippen LogP contribution in [0.3, 0.4) is 0 Å². The van der Waals surface area contributed by atoms with Crippen LogP contribution in [0.1, 0.15) is 27.8 Å². The lowest BCUT2D eigenvalue weighted by molar-refractivity contribution is 0.0748. The smallest absolute Gasteiger partial charge is 0.291 e. The molecule has 2 aromatic rings. The van der Waals surface area contributed by atoms with Gasteiger partial charge in [-0.25, -0.2) is 0 Å². The van der Waals surface area contributed by atoms with E-state index in [1.807, 2.05) is 6.92 Å². The Hall–Kier alpha value is -2.12. The van der Waals surface area contributed by atoms with E-state index in [0.29, 0.717) is 22.5 Å². The number of anilines is 1. The van der Waals surface area contributed by atoms with Crippen molar-refractivity contribution in [2.45, 2.75) is 13.0 Å². The van der Waals surface area contributed by atoms with Crippen LogP contribution in [0.25, 0.3) is 0 Å². The van der Waals surface area contributed by atoms with Crippen LogP contribution in [-0.2, 0) is 0 Å². The van der Waals surface area contributed by atoms with E-state index < -0.39 is 0 Å². The number of amides is 2. The minimum Gasteiger partial charge on any atom is -0.444 e. The van der Waals surface area contributed by atoms with Crippen molar-refractivity contribution in [3.8, 4) is 0 Å². The molecular weight excluding hydrogens is 362 g/mol. The number of hydrogen-bond donors (Lipinski definition) is 2. The van der Waals surface area contributed by atoms with Gasteiger partial charge in [0.05, 0.1) is 0 Å². The highest BCUT2D eigenvalue weighted by molar-refractivity contribution is 9.10. The molecule has 0 saturated heterocycles. The summed E-state index contributed by atoms with van der Waals surface area (Å²) in [6.45, 7) is 2.28. The van der Waals surface area contributed by atoms with Crippen LogP contribution in [0.5, 0.6) is 0 Å². The van der Waals surface area contributed by atoms with E-state index in [1.54, 1.807) is 48.3 Å². The Bertz CT molecular complexity index is 697. The average Bonchev–Trinajstić information content (AvgIpc) is 3.00. The molecule has 6 nitrogen and oxygen atoms in total. The van der Waals surface area contributed by atoms with Gasteiger partial charge in [0, 0.05) is 30.9 Å². The Morgan fingerprint density at radius 3 is 2.43 bits per heavy atom. The predicted octanol–water partition coefficient (Wildman–Crippen LogP) is 2.71. The third-order valence-electron chi connectivity index (χ3n) is 3.51. The molecule has 2 rings (SSSR count). The first-order chi connectivity index (χ1) is 10.9. The van der Waals surface area contributed by atoms with Crippen LogP contribution >= 0.6 is 15.9 Å². The number of carbonyl (C=O) groups excluding carboxylic acids is 2. The number of nitrogens with two attached hydrogens (primary N) is 1. The standard InChI is InChI=1S/C16H18BrN3O3/c1-10(9-18)20(2)16(22)11-3-5-12(6-4-11)19-15(21)13-7-8-14(17)23-13/h3-8,10H,9,18H2,1-2H3,(H,19,21). The summed E-state index contributed by atoms with van der Waals surface area (Å²) in [5.74, 6) is -0.270. The van der Waals surface area contributed by atoms with Gasteiger partial charge in [0.2, 0.25) is 0 Å². The number of hydrogen-bond acceptors (Lipinski definition) is 4. The maximum atomic E-state index is 12.3. The molecule has 0 aliphatic rings. The van der Waals surface area contributed by atoms with Crippen molar-refractivity contribution in [1.82, 2.24) is 4.90 Å². The lowest BCUT2D eigenvalue weighted by atomic mass is 10.1. The van der Waals surface area contributed by atoms with Gasteiger partial charge in [-0.05, 0) is 59.3 Å². The molecule has 0 aliphatic carbocycles. The van der Waals surface area contributed by atoms with E-state index >= 15 is 0 Å². The first-order valence-electron chi connectivity index (χ1n) is 7.06. The van der Waals surface area contributed by atoms with Gasteiger partial charge < -0.3 is 20.4 Å². The van der Waals surface area contributed by atoms with Crippen molar-refractivity contribution in [3.63, 3.8) is 0 Å². The first-order valence-corrected chi connectivity index (χ1v) is 7.85. The summed E-state index contributed by atoms with van der Waals surface area (Å²) in [5.41, 5.74) is 6.68. The predicted molar refractivity (Wildman–Crippen MR) is 91.4 cm³/mol. The Morgan fingerprint density at radius 2 is 1.91 bits per heavy atom. The molecule has 7 heteroatoms. The molecule has 0 spiro atoms. The van der Waals surface area contributed by atoms with Gasteiger partial charge in [0.1, 0.15) is 0 Å². The zero-order valence-corrected chi connectivity index (χ0v) is 14.5. The number of halogens is 1. The number of rotatable bonds is 5. The monoisotopic (exact) mass is 379 g/mol. The Kier molecular flexibility index (Phi) is 5.57. The Labute approximate surface area is 142 Å². The van der Waals surface area contributed by atoms with E-state index in [-0.39, 0.29) is 23.6 Å². The SMILES string of the molecule is CC(CN)N(C)C(=O)c1ccc(NC(=O)c2ccc(Br)o2)cc1. The molecule has 23 heavy (non-hydrogen) atoms. The molecule has 1 aromatic carbocycles. The fourth-order valence-electron chi connectivity index (χ4n) is 1.89. The molecule has 0 radical (unpaired) electrons. The van der Waals surface area contributed by atoms with Crippen molar-refractivity contribution in [1.29, 1.82) is 0 Å². The summed E-state index contributed by atoms with van der Waals surface area (Å²) >= 11 is 3.14. The fourth-order valence-corrected chi connectivity index (χ4v) is 2.19. The zero-order valence-electron chi connectivity index (χ0n) is 12.9. The normalized spacial score (nSPS) is 11.8.